The number of ether oxygens (including phenoxy) is 1. The molecule has 104 valence electrons. The molecule has 0 spiro atoms. The first-order valence-corrected chi connectivity index (χ1v) is 7.17. The largest absolute Gasteiger partial charge is 0.468 e. The molecule has 2 rings (SSSR count). The molecule has 0 aromatic heterocycles. The Kier molecular flexibility index (Phi) is 4.62. The highest BCUT2D eigenvalue weighted by Gasteiger charge is 2.36. The minimum absolute atomic E-state index is 0.0665. The quantitative estimate of drug-likeness (QED) is 0.770. The molecule has 4 heteroatoms. The van der Waals surface area contributed by atoms with E-state index in [0.717, 1.165) is 18.9 Å². The van der Waals surface area contributed by atoms with Crippen molar-refractivity contribution < 1.29 is 9.53 Å². The van der Waals surface area contributed by atoms with Crippen molar-refractivity contribution in [2.75, 3.05) is 26.7 Å². The molecule has 2 fully saturated rings. The Morgan fingerprint density at radius 2 is 1.94 bits per heavy atom. The second-order valence-electron chi connectivity index (χ2n) is 5.95. The fourth-order valence-corrected chi connectivity index (χ4v) is 3.35. The SMILES string of the molecule is COC(=O)C1CC(C2CCN(C(C)C)CC2)CN1. The lowest BCUT2D eigenvalue weighted by atomic mass is 9.82. The van der Waals surface area contributed by atoms with E-state index in [1.54, 1.807) is 0 Å². The Labute approximate surface area is 110 Å². The monoisotopic (exact) mass is 254 g/mol. The van der Waals surface area contributed by atoms with Crippen LogP contribution in [0.3, 0.4) is 0 Å². The van der Waals surface area contributed by atoms with Crippen LogP contribution in [0.15, 0.2) is 0 Å². The molecule has 0 aliphatic carbocycles. The van der Waals surface area contributed by atoms with Gasteiger partial charge >= 0.3 is 5.97 Å². The lowest BCUT2D eigenvalue weighted by Gasteiger charge is -2.36. The molecule has 2 aliphatic rings. The van der Waals surface area contributed by atoms with E-state index in [-0.39, 0.29) is 12.0 Å². The van der Waals surface area contributed by atoms with Crippen molar-refractivity contribution >= 4 is 5.97 Å². The summed E-state index contributed by atoms with van der Waals surface area (Å²) in [5.41, 5.74) is 0. The van der Waals surface area contributed by atoms with Crippen molar-refractivity contribution in [2.24, 2.45) is 11.8 Å². The van der Waals surface area contributed by atoms with E-state index in [2.05, 4.69) is 24.1 Å². The number of hydrogen-bond acceptors (Lipinski definition) is 4. The van der Waals surface area contributed by atoms with E-state index in [1.807, 2.05) is 0 Å². The Balaban J connectivity index is 1.79. The molecule has 4 nitrogen and oxygen atoms in total. The van der Waals surface area contributed by atoms with Gasteiger partial charge in [0.2, 0.25) is 0 Å². The summed E-state index contributed by atoms with van der Waals surface area (Å²) in [6.45, 7) is 7.94. The van der Waals surface area contributed by atoms with Crippen LogP contribution in [0.4, 0.5) is 0 Å². The molecule has 18 heavy (non-hydrogen) atoms. The summed E-state index contributed by atoms with van der Waals surface area (Å²) in [4.78, 5) is 14.0. The Bertz CT molecular complexity index is 286. The molecule has 2 heterocycles. The zero-order valence-corrected chi connectivity index (χ0v) is 11.8. The van der Waals surface area contributed by atoms with Crippen LogP contribution in [0.25, 0.3) is 0 Å². The summed E-state index contributed by atoms with van der Waals surface area (Å²) in [7, 11) is 1.47. The number of carbonyl (C=O) groups excluding carboxylic acids is 1. The van der Waals surface area contributed by atoms with E-state index in [4.69, 9.17) is 4.74 Å². The van der Waals surface area contributed by atoms with Crippen LogP contribution in [0.2, 0.25) is 0 Å². The van der Waals surface area contributed by atoms with Gasteiger partial charge in [-0.1, -0.05) is 0 Å². The summed E-state index contributed by atoms with van der Waals surface area (Å²) in [5, 5.41) is 3.30. The Morgan fingerprint density at radius 1 is 1.28 bits per heavy atom. The molecule has 2 unspecified atom stereocenters. The van der Waals surface area contributed by atoms with Gasteiger partial charge in [0, 0.05) is 6.04 Å². The molecule has 0 aromatic rings. The topological polar surface area (TPSA) is 41.6 Å². The predicted octanol–water partition coefficient (Wildman–Crippen LogP) is 1.26. The number of piperidine rings is 1. The molecule has 2 saturated heterocycles. The minimum atomic E-state index is -0.0999. The van der Waals surface area contributed by atoms with E-state index in [0.29, 0.717) is 12.0 Å². The molecule has 0 radical (unpaired) electrons. The van der Waals surface area contributed by atoms with Crippen LogP contribution in [0.1, 0.15) is 33.1 Å². The number of esters is 1. The smallest absolute Gasteiger partial charge is 0.322 e. The maximum atomic E-state index is 11.5. The van der Waals surface area contributed by atoms with E-state index >= 15 is 0 Å². The fraction of sp³-hybridized carbons (Fsp3) is 0.929. The average Bonchev–Trinajstić information content (AvgIpc) is 2.87. The van der Waals surface area contributed by atoms with Gasteiger partial charge in [-0.15, -0.1) is 0 Å². The molecular weight excluding hydrogens is 228 g/mol. The van der Waals surface area contributed by atoms with Crippen molar-refractivity contribution in [1.29, 1.82) is 0 Å². The van der Waals surface area contributed by atoms with Crippen molar-refractivity contribution in [3.63, 3.8) is 0 Å². The van der Waals surface area contributed by atoms with Gasteiger partial charge in [-0.05, 0) is 64.6 Å². The number of rotatable bonds is 3. The summed E-state index contributed by atoms with van der Waals surface area (Å²) in [6.07, 6.45) is 3.51. The molecule has 1 N–H and O–H groups in total. The average molecular weight is 254 g/mol. The normalized spacial score (nSPS) is 30.9. The first-order chi connectivity index (χ1) is 8.61. The molecule has 0 saturated carbocycles. The maximum absolute atomic E-state index is 11.5. The fourth-order valence-electron chi connectivity index (χ4n) is 3.35. The van der Waals surface area contributed by atoms with Gasteiger partial charge in [0.05, 0.1) is 7.11 Å². The second-order valence-corrected chi connectivity index (χ2v) is 5.95. The lowest BCUT2D eigenvalue weighted by molar-refractivity contribution is -0.142. The van der Waals surface area contributed by atoms with Crippen LogP contribution in [0.5, 0.6) is 0 Å². The summed E-state index contributed by atoms with van der Waals surface area (Å²) in [6, 6.07) is 0.596. The standard InChI is InChI=1S/C14H26N2O2/c1-10(2)16-6-4-11(5-7-16)12-8-13(15-9-12)14(17)18-3/h10-13,15H,4-9H2,1-3H3. The van der Waals surface area contributed by atoms with Gasteiger partial charge in [0.1, 0.15) is 6.04 Å². The van der Waals surface area contributed by atoms with Crippen molar-refractivity contribution in [2.45, 2.75) is 45.2 Å². The number of hydrogen-bond donors (Lipinski definition) is 1. The van der Waals surface area contributed by atoms with E-state index < -0.39 is 0 Å². The minimum Gasteiger partial charge on any atom is -0.468 e. The lowest BCUT2D eigenvalue weighted by Crippen LogP contribution is -2.40. The zero-order chi connectivity index (χ0) is 13.1. The number of nitrogens with zero attached hydrogens (tertiary/aromatic N) is 1. The highest BCUT2D eigenvalue weighted by molar-refractivity contribution is 5.76. The van der Waals surface area contributed by atoms with E-state index in [9.17, 15) is 4.79 Å². The third-order valence-corrected chi connectivity index (χ3v) is 4.62. The number of carbonyl (C=O) groups is 1. The van der Waals surface area contributed by atoms with Crippen LogP contribution in [0, 0.1) is 11.8 Å². The van der Waals surface area contributed by atoms with Crippen molar-refractivity contribution in [3.05, 3.63) is 0 Å². The summed E-state index contributed by atoms with van der Waals surface area (Å²) < 4.78 is 4.81. The molecule has 0 bridgehead atoms. The Morgan fingerprint density at radius 3 is 2.50 bits per heavy atom. The van der Waals surface area contributed by atoms with Crippen molar-refractivity contribution in [1.82, 2.24) is 10.2 Å². The van der Waals surface area contributed by atoms with Gasteiger partial charge in [0.15, 0.2) is 0 Å². The zero-order valence-electron chi connectivity index (χ0n) is 11.8. The van der Waals surface area contributed by atoms with Gasteiger partial charge < -0.3 is 15.0 Å². The van der Waals surface area contributed by atoms with Crippen LogP contribution < -0.4 is 5.32 Å². The van der Waals surface area contributed by atoms with Gasteiger partial charge in [-0.2, -0.15) is 0 Å². The van der Waals surface area contributed by atoms with Gasteiger partial charge in [0.25, 0.3) is 0 Å². The number of methoxy groups -OCH3 is 1. The highest BCUT2D eigenvalue weighted by Crippen LogP contribution is 2.31. The third-order valence-electron chi connectivity index (χ3n) is 4.62. The molecule has 2 atom stereocenters. The first kappa shape index (κ1) is 13.8. The maximum Gasteiger partial charge on any atom is 0.322 e. The van der Waals surface area contributed by atoms with Crippen LogP contribution in [-0.4, -0.2) is 49.7 Å². The van der Waals surface area contributed by atoms with Crippen LogP contribution in [-0.2, 0) is 9.53 Å². The third kappa shape index (κ3) is 3.04. The summed E-state index contributed by atoms with van der Waals surface area (Å²) in [5.74, 6) is 1.34. The number of nitrogens with one attached hydrogen (secondary N) is 1. The predicted molar refractivity (Wildman–Crippen MR) is 71.3 cm³/mol. The molecule has 2 aliphatic heterocycles. The van der Waals surface area contributed by atoms with Crippen LogP contribution >= 0.6 is 0 Å². The molecule has 0 amide bonds. The van der Waals surface area contributed by atoms with Gasteiger partial charge in [-0.25, -0.2) is 0 Å². The summed E-state index contributed by atoms with van der Waals surface area (Å²) >= 11 is 0. The molecular formula is C14H26N2O2. The van der Waals surface area contributed by atoms with E-state index in [1.165, 1.54) is 33.0 Å². The molecule has 0 aromatic carbocycles. The first-order valence-electron chi connectivity index (χ1n) is 7.17. The highest BCUT2D eigenvalue weighted by atomic mass is 16.5. The van der Waals surface area contributed by atoms with Crippen molar-refractivity contribution in [3.8, 4) is 0 Å². The number of likely N-dealkylation sites (tertiary alicyclic amines) is 1. The van der Waals surface area contributed by atoms with Gasteiger partial charge in [-0.3, -0.25) is 4.79 Å². The second kappa shape index (κ2) is 6.02. The Hall–Kier alpha value is -0.610.